The summed E-state index contributed by atoms with van der Waals surface area (Å²) in [7, 11) is 1.53. The molecule has 8 heteroatoms. The predicted octanol–water partition coefficient (Wildman–Crippen LogP) is 3.17. The number of aromatic nitrogens is 2. The summed E-state index contributed by atoms with van der Waals surface area (Å²) in [5.41, 5.74) is 1.34. The van der Waals surface area contributed by atoms with Crippen LogP contribution in [0.3, 0.4) is 0 Å². The van der Waals surface area contributed by atoms with E-state index in [0.29, 0.717) is 35.4 Å². The van der Waals surface area contributed by atoms with Crippen LogP contribution in [0.1, 0.15) is 0 Å². The van der Waals surface area contributed by atoms with E-state index >= 15 is 0 Å². The van der Waals surface area contributed by atoms with E-state index in [9.17, 15) is 4.79 Å². The van der Waals surface area contributed by atoms with Gasteiger partial charge in [-0.15, -0.1) is 0 Å². The van der Waals surface area contributed by atoms with Gasteiger partial charge < -0.3 is 19.9 Å². The highest BCUT2D eigenvalue weighted by Crippen LogP contribution is 2.25. The highest BCUT2D eigenvalue weighted by atomic mass is 16.6. The summed E-state index contributed by atoms with van der Waals surface area (Å²) in [5, 5.41) is 14.6. The molecule has 8 nitrogen and oxygen atoms in total. The molecule has 1 heterocycles. The Morgan fingerprint density at radius 3 is 2.54 bits per heavy atom. The third kappa shape index (κ3) is 4.95. The average molecular weight is 380 g/mol. The summed E-state index contributed by atoms with van der Waals surface area (Å²) in [6.07, 6.45) is 0.987. The standard InChI is InChI=1S/C20H20N4O4/c1-27-17-13-22-18(24-19(17)21-11-12-25)14-7-9-15(10-8-14)23-20(26)28-16-5-3-2-4-6-16/h2-10,13,25H,11-12H2,1H3,(H,23,26)(H,21,22,24). The normalized spacial score (nSPS) is 10.2. The monoisotopic (exact) mass is 380 g/mol. The molecule has 3 N–H and O–H groups in total. The first-order valence-electron chi connectivity index (χ1n) is 8.59. The minimum Gasteiger partial charge on any atom is -0.491 e. The Morgan fingerprint density at radius 2 is 1.86 bits per heavy atom. The second-order valence-electron chi connectivity index (χ2n) is 5.67. The number of benzene rings is 2. The molecule has 2 aromatic carbocycles. The molecule has 0 aliphatic rings. The number of carbonyl (C=O) groups is 1. The first-order valence-corrected chi connectivity index (χ1v) is 8.59. The number of methoxy groups -OCH3 is 1. The second-order valence-corrected chi connectivity index (χ2v) is 5.67. The summed E-state index contributed by atoms with van der Waals surface area (Å²) in [5.74, 6) is 1.93. The fourth-order valence-corrected chi connectivity index (χ4v) is 2.40. The number of aliphatic hydroxyl groups is 1. The highest BCUT2D eigenvalue weighted by molar-refractivity contribution is 5.86. The SMILES string of the molecule is COc1cnc(-c2ccc(NC(=O)Oc3ccccc3)cc2)nc1NCCO. The molecule has 28 heavy (non-hydrogen) atoms. The third-order valence-corrected chi connectivity index (χ3v) is 3.72. The number of nitrogens with one attached hydrogen (secondary N) is 2. The fraction of sp³-hybridized carbons (Fsp3) is 0.150. The smallest absolute Gasteiger partial charge is 0.417 e. The van der Waals surface area contributed by atoms with Crippen molar-refractivity contribution < 1.29 is 19.4 Å². The van der Waals surface area contributed by atoms with Crippen LogP contribution in [0.15, 0.2) is 60.8 Å². The quantitative estimate of drug-likeness (QED) is 0.578. The number of hydrogen-bond acceptors (Lipinski definition) is 7. The first-order chi connectivity index (χ1) is 13.7. The van der Waals surface area contributed by atoms with Crippen molar-refractivity contribution in [1.29, 1.82) is 0 Å². The lowest BCUT2D eigenvalue weighted by Gasteiger charge is -2.11. The molecule has 1 amide bonds. The summed E-state index contributed by atoms with van der Waals surface area (Å²) in [6, 6.07) is 15.9. The van der Waals surface area contributed by atoms with E-state index in [-0.39, 0.29) is 6.61 Å². The number of hydrogen-bond donors (Lipinski definition) is 3. The van der Waals surface area contributed by atoms with Crippen molar-refractivity contribution in [3.63, 3.8) is 0 Å². The first kappa shape index (κ1) is 19.1. The Hall–Kier alpha value is -3.65. The second kappa shape index (κ2) is 9.33. The van der Waals surface area contributed by atoms with Gasteiger partial charge in [-0.05, 0) is 36.4 Å². The van der Waals surface area contributed by atoms with Crippen LogP contribution in [0.25, 0.3) is 11.4 Å². The van der Waals surface area contributed by atoms with Crippen LogP contribution in [0.2, 0.25) is 0 Å². The predicted molar refractivity (Wildman–Crippen MR) is 106 cm³/mol. The van der Waals surface area contributed by atoms with Crippen LogP contribution in [0.5, 0.6) is 11.5 Å². The van der Waals surface area contributed by atoms with Crippen LogP contribution in [-0.4, -0.2) is 41.4 Å². The Balaban J connectivity index is 1.69. The lowest BCUT2D eigenvalue weighted by atomic mass is 10.2. The number of ether oxygens (including phenoxy) is 2. The number of carbonyl (C=O) groups excluding carboxylic acids is 1. The van der Waals surface area contributed by atoms with Crippen molar-refractivity contribution in [2.75, 3.05) is 30.9 Å². The topological polar surface area (TPSA) is 106 Å². The van der Waals surface area contributed by atoms with Gasteiger partial charge in [0.15, 0.2) is 17.4 Å². The maximum absolute atomic E-state index is 12.0. The van der Waals surface area contributed by atoms with E-state index in [2.05, 4.69) is 20.6 Å². The molecule has 0 aliphatic heterocycles. The molecule has 3 rings (SSSR count). The van der Waals surface area contributed by atoms with Gasteiger partial charge in [0.25, 0.3) is 0 Å². The van der Waals surface area contributed by atoms with Crippen molar-refractivity contribution in [3.8, 4) is 22.9 Å². The Labute approximate surface area is 162 Å². The summed E-state index contributed by atoms with van der Waals surface area (Å²) in [6.45, 7) is 0.321. The number of rotatable bonds is 7. The highest BCUT2D eigenvalue weighted by Gasteiger charge is 2.10. The molecule has 0 unspecified atom stereocenters. The molecule has 0 radical (unpaired) electrons. The molecule has 0 fully saturated rings. The molecule has 1 aromatic heterocycles. The Kier molecular flexibility index (Phi) is 6.37. The zero-order valence-electron chi connectivity index (χ0n) is 15.3. The molecule has 0 saturated heterocycles. The lowest BCUT2D eigenvalue weighted by Crippen LogP contribution is -2.16. The van der Waals surface area contributed by atoms with Crippen LogP contribution in [-0.2, 0) is 0 Å². The summed E-state index contributed by atoms with van der Waals surface area (Å²) >= 11 is 0. The van der Waals surface area contributed by atoms with E-state index in [4.69, 9.17) is 14.6 Å². The number of amides is 1. The van der Waals surface area contributed by atoms with Gasteiger partial charge in [-0.1, -0.05) is 18.2 Å². The number of anilines is 2. The van der Waals surface area contributed by atoms with E-state index in [1.807, 2.05) is 6.07 Å². The fourth-order valence-electron chi connectivity index (χ4n) is 2.40. The minimum absolute atomic E-state index is 0.0259. The van der Waals surface area contributed by atoms with Gasteiger partial charge in [-0.2, -0.15) is 0 Å². The molecule has 0 atom stereocenters. The largest absolute Gasteiger partial charge is 0.491 e. The maximum atomic E-state index is 12.0. The van der Waals surface area contributed by atoms with Crippen LogP contribution in [0.4, 0.5) is 16.3 Å². The van der Waals surface area contributed by atoms with Crippen molar-refractivity contribution in [3.05, 3.63) is 60.8 Å². The van der Waals surface area contributed by atoms with E-state index in [1.165, 1.54) is 7.11 Å². The minimum atomic E-state index is -0.574. The number of aliphatic hydroxyl groups excluding tert-OH is 1. The van der Waals surface area contributed by atoms with Gasteiger partial charge >= 0.3 is 6.09 Å². The maximum Gasteiger partial charge on any atom is 0.417 e. The Morgan fingerprint density at radius 1 is 1.11 bits per heavy atom. The molecule has 0 spiro atoms. The van der Waals surface area contributed by atoms with Crippen molar-refractivity contribution >= 4 is 17.6 Å². The van der Waals surface area contributed by atoms with Crippen LogP contribution in [0, 0.1) is 0 Å². The number of para-hydroxylation sites is 1. The summed E-state index contributed by atoms with van der Waals surface area (Å²) < 4.78 is 10.4. The molecule has 144 valence electrons. The van der Waals surface area contributed by atoms with Crippen molar-refractivity contribution in [2.45, 2.75) is 0 Å². The molecule has 0 bridgehead atoms. The van der Waals surface area contributed by atoms with E-state index < -0.39 is 6.09 Å². The van der Waals surface area contributed by atoms with Crippen molar-refractivity contribution in [2.24, 2.45) is 0 Å². The van der Waals surface area contributed by atoms with Crippen LogP contribution < -0.4 is 20.1 Å². The molecule has 0 saturated carbocycles. The van der Waals surface area contributed by atoms with Crippen LogP contribution >= 0.6 is 0 Å². The van der Waals surface area contributed by atoms with Gasteiger partial charge in [0.2, 0.25) is 0 Å². The molecule has 3 aromatic rings. The van der Waals surface area contributed by atoms with Gasteiger partial charge in [0.05, 0.1) is 19.9 Å². The van der Waals surface area contributed by atoms with Gasteiger partial charge in [0, 0.05) is 17.8 Å². The number of nitrogens with zero attached hydrogens (tertiary/aromatic N) is 2. The third-order valence-electron chi connectivity index (χ3n) is 3.72. The Bertz CT molecular complexity index is 917. The molecular weight excluding hydrogens is 360 g/mol. The lowest BCUT2D eigenvalue weighted by molar-refractivity contribution is 0.215. The zero-order valence-corrected chi connectivity index (χ0v) is 15.3. The van der Waals surface area contributed by atoms with E-state index in [0.717, 1.165) is 5.56 Å². The summed E-state index contributed by atoms with van der Waals surface area (Å²) in [4.78, 5) is 20.7. The van der Waals surface area contributed by atoms with Crippen molar-refractivity contribution in [1.82, 2.24) is 9.97 Å². The molecular formula is C20H20N4O4. The van der Waals surface area contributed by atoms with E-state index in [1.54, 1.807) is 54.7 Å². The average Bonchev–Trinajstić information content (AvgIpc) is 2.73. The van der Waals surface area contributed by atoms with Gasteiger partial charge in [-0.25, -0.2) is 14.8 Å². The van der Waals surface area contributed by atoms with Gasteiger partial charge in [-0.3, -0.25) is 5.32 Å². The van der Waals surface area contributed by atoms with Gasteiger partial charge in [0.1, 0.15) is 5.75 Å². The zero-order chi connectivity index (χ0) is 19.8. The molecule has 0 aliphatic carbocycles.